The minimum Gasteiger partial charge on any atom is -0.396 e. The van der Waals surface area contributed by atoms with Crippen LogP contribution in [0.5, 0.6) is 0 Å². The van der Waals surface area contributed by atoms with Crippen LogP contribution in [-0.4, -0.2) is 36.0 Å². The zero-order valence-electron chi connectivity index (χ0n) is 10.9. The van der Waals surface area contributed by atoms with Crippen molar-refractivity contribution < 1.29 is 9.84 Å². The van der Waals surface area contributed by atoms with Gasteiger partial charge in [-0.2, -0.15) is 0 Å². The minimum absolute atomic E-state index is 0.147. The molecule has 0 aromatic carbocycles. The Morgan fingerprint density at radius 1 is 1.47 bits per heavy atom. The van der Waals surface area contributed by atoms with Crippen LogP contribution in [-0.2, 0) is 11.3 Å². The second-order valence-corrected chi connectivity index (χ2v) is 4.65. The Bertz CT molecular complexity index is 319. The van der Waals surface area contributed by atoms with Crippen molar-refractivity contribution in [1.29, 1.82) is 0 Å². The lowest BCUT2D eigenvalue weighted by molar-refractivity contribution is 0.0967. The lowest BCUT2D eigenvalue weighted by Gasteiger charge is -2.29. The van der Waals surface area contributed by atoms with E-state index in [4.69, 9.17) is 9.84 Å². The number of hydrogen-bond donors (Lipinski definition) is 2. The maximum absolute atomic E-state index is 9.05. The third-order valence-electron chi connectivity index (χ3n) is 2.80. The first-order valence-corrected chi connectivity index (χ1v) is 5.86. The number of aliphatic hydroxyl groups is 1. The fourth-order valence-corrected chi connectivity index (χ4v) is 1.68. The summed E-state index contributed by atoms with van der Waals surface area (Å²) in [5.41, 5.74) is 1.94. The molecule has 1 aromatic rings. The molecular weight excluding hydrogens is 216 g/mol. The van der Waals surface area contributed by atoms with Gasteiger partial charge in [-0.3, -0.25) is 4.98 Å². The van der Waals surface area contributed by atoms with Gasteiger partial charge in [-0.15, -0.1) is 0 Å². The maximum Gasteiger partial charge on any atom is 0.0642 e. The summed E-state index contributed by atoms with van der Waals surface area (Å²) >= 11 is 0. The number of nitrogens with one attached hydrogen (secondary N) is 1. The van der Waals surface area contributed by atoms with Gasteiger partial charge < -0.3 is 15.2 Å². The molecule has 0 bridgehead atoms. The normalized spacial score (nSPS) is 14.6. The number of methoxy groups -OCH3 is 1. The molecule has 1 heterocycles. The second kappa shape index (κ2) is 6.69. The fourth-order valence-electron chi connectivity index (χ4n) is 1.68. The van der Waals surface area contributed by atoms with Crippen LogP contribution >= 0.6 is 0 Å². The molecule has 4 heteroatoms. The summed E-state index contributed by atoms with van der Waals surface area (Å²) in [7, 11) is 1.67. The molecule has 0 amide bonds. The SMILES string of the molecule is COCC(C)(CCO)NCc1ccc(C)cn1. The summed E-state index contributed by atoms with van der Waals surface area (Å²) in [4.78, 5) is 4.34. The van der Waals surface area contributed by atoms with Gasteiger partial charge in [0.2, 0.25) is 0 Å². The van der Waals surface area contributed by atoms with E-state index in [-0.39, 0.29) is 12.1 Å². The molecule has 0 saturated carbocycles. The molecule has 0 spiro atoms. The highest BCUT2D eigenvalue weighted by atomic mass is 16.5. The average molecular weight is 238 g/mol. The Labute approximate surface area is 103 Å². The van der Waals surface area contributed by atoms with Gasteiger partial charge in [0.15, 0.2) is 0 Å². The summed E-state index contributed by atoms with van der Waals surface area (Å²) in [6, 6.07) is 4.05. The second-order valence-electron chi connectivity index (χ2n) is 4.65. The number of pyridine rings is 1. The third-order valence-corrected chi connectivity index (χ3v) is 2.80. The molecule has 0 aliphatic heterocycles. The molecule has 17 heavy (non-hydrogen) atoms. The Morgan fingerprint density at radius 3 is 2.76 bits per heavy atom. The van der Waals surface area contributed by atoms with Crippen molar-refractivity contribution in [2.24, 2.45) is 0 Å². The summed E-state index contributed by atoms with van der Waals surface area (Å²) in [6.45, 7) is 5.46. The highest BCUT2D eigenvalue weighted by Crippen LogP contribution is 2.11. The van der Waals surface area contributed by atoms with Crippen LogP contribution in [0.25, 0.3) is 0 Å². The lowest BCUT2D eigenvalue weighted by atomic mass is 9.99. The van der Waals surface area contributed by atoms with Crippen LogP contribution in [0.3, 0.4) is 0 Å². The highest BCUT2D eigenvalue weighted by Gasteiger charge is 2.22. The Kier molecular flexibility index (Phi) is 5.55. The standard InChI is InChI=1S/C13H22N2O2/c1-11-4-5-12(14-8-11)9-15-13(2,6-7-16)10-17-3/h4-5,8,15-16H,6-7,9-10H2,1-3H3. The molecule has 0 aliphatic carbocycles. The molecule has 1 atom stereocenters. The molecule has 0 saturated heterocycles. The van der Waals surface area contributed by atoms with E-state index in [2.05, 4.69) is 10.3 Å². The van der Waals surface area contributed by atoms with Gasteiger partial charge in [0.25, 0.3) is 0 Å². The predicted molar refractivity (Wildman–Crippen MR) is 67.8 cm³/mol. The Balaban J connectivity index is 2.54. The molecule has 1 rings (SSSR count). The largest absolute Gasteiger partial charge is 0.396 e. The number of aromatic nitrogens is 1. The summed E-state index contributed by atoms with van der Waals surface area (Å²) in [5.74, 6) is 0. The van der Waals surface area contributed by atoms with Crippen molar-refractivity contribution >= 4 is 0 Å². The van der Waals surface area contributed by atoms with Crippen LogP contribution < -0.4 is 5.32 Å². The fraction of sp³-hybridized carbons (Fsp3) is 0.615. The predicted octanol–water partition coefficient (Wildman–Crippen LogP) is 1.27. The van der Waals surface area contributed by atoms with Crippen molar-refractivity contribution in [2.45, 2.75) is 32.4 Å². The molecule has 96 valence electrons. The van der Waals surface area contributed by atoms with Crippen LogP contribution in [0, 0.1) is 6.92 Å². The Morgan fingerprint density at radius 2 is 2.24 bits per heavy atom. The molecule has 1 aromatic heterocycles. The zero-order valence-corrected chi connectivity index (χ0v) is 10.9. The van der Waals surface area contributed by atoms with Crippen molar-refractivity contribution in [3.8, 4) is 0 Å². The van der Waals surface area contributed by atoms with E-state index in [0.29, 0.717) is 19.6 Å². The number of rotatable bonds is 7. The number of aliphatic hydroxyl groups excluding tert-OH is 1. The molecule has 2 N–H and O–H groups in total. The highest BCUT2D eigenvalue weighted by molar-refractivity contribution is 5.12. The van der Waals surface area contributed by atoms with Crippen LogP contribution in [0.2, 0.25) is 0 Å². The van der Waals surface area contributed by atoms with E-state index < -0.39 is 0 Å². The molecule has 1 unspecified atom stereocenters. The van der Waals surface area contributed by atoms with E-state index in [1.165, 1.54) is 0 Å². The first-order valence-electron chi connectivity index (χ1n) is 5.86. The molecule has 0 aliphatic rings. The van der Waals surface area contributed by atoms with Crippen molar-refractivity contribution in [1.82, 2.24) is 10.3 Å². The van der Waals surface area contributed by atoms with E-state index >= 15 is 0 Å². The zero-order chi connectivity index (χ0) is 12.7. The van der Waals surface area contributed by atoms with E-state index in [1.807, 2.05) is 32.2 Å². The van der Waals surface area contributed by atoms with Crippen LogP contribution in [0.4, 0.5) is 0 Å². The molecular formula is C13H22N2O2. The minimum atomic E-state index is -0.212. The van der Waals surface area contributed by atoms with Gasteiger partial charge in [-0.1, -0.05) is 6.07 Å². The van der Waals surface area contributed by atoms with Crippen molar-refractivity contribution in [2.75, 3.05) is 20.3 Å². The summed E-state index contributed by atoms with van der Waals surface area (Å²) in [5, 5.41) is 12.4. The average Bonchev–Trinajstić information content (AvgIpc) is 2.29. The molecule has 4 nitrogen and oxygen atoms in total. The van der Waals surface area contributed by atoms with E-state index in [0.717, 1.165) is 11.3 Å². The first kappa shape index (κ1) is 14.1. The summed E-state index contributed by atoms with van der Waals surface area (Å²) in [6.07, 6.45) is 2.52. The number of ether oxygens (including phenoxy) is 1. The van der Waals surface area contributed by atoms with Crippen LogP contribution in [0.15, 0.2) is 18.3 Å². The quantitative estimate of drug-likeness (QED) is 0.751. The lowest BCUT2D eigenvalue weighted by Crippen LogP contribution is -2.46. The first-order chi connectivity index (χ1) is 8.09. The number of aryl methyl sites for hydroxylation is 1. The van der Waals surface area contributed by atoms with E-state index in [9.17, 15) is 0 Å². The van der Waals surface area contributed by atoms with Gasteiger partial charge in [0, 0.05) is 32.0 Å². The third kappa shape index (κ3) is 4.81. The van der Waals surface area contributed by atoms with E-state index in [1.54, 1.807) is 7.11 Å². The van der Waals surface area contributed by atoms with Crippen LogP contribution in [0.1, 0.15) is 24.6 Å². The van der Waals surface area contributed by atoms with Crippen molar-refractivity contribution in [3.63, 3.8) is 0 Å². The van der Waals surface area contributed by atoms with Gasteiger partial charge in [-0.05, 0) is 31.9 Å². The molecule has 0 radical (unpaired) electrons. The van der Waals surface area contributed by atoms with Gasteiger partial charge in [-0.25, -0.2) is 0 Å². The Hall–Kier alpha value is -0.970. The monoisotopic (exact) mass is 238 g/mol. The van der Waals surface area contributed by atoms with Crippen molar-refractivity contribution in [3.05, 3.63) is 29.6 Å². The van der Waals surface area contributed by atoms with Gasteiger partial charge >= 0.3 is 0 Å². The van der Waals surface area contributed by atoms with Gasteiger partial charge in [0.1, 0.15) is 0 Å². The molecule has 0 fully saturated rings. The smallest absolute Gasteiger partial charge is 0.0642 e. The maximum atomic E-state index is 9.05. The number of nitrogens with zero attached hydrogens (tertiary/aromatic N) is 1. The topological polar surface area (TPSA) is 54.4 Å². The van der Waals surface area contributed by atoms with Gasteiger partial charge in [0.05, 0.1) is 12.3 Å². The summed E-state index contributed by atoms with van der Waals surface area (Å²) < 4.78 is 5.17. The number of hydrogen-bond acceptors (Lipinski definition) is 4.